The van der Waals surface area contributed by atoms with E-state index in [1.807, 2.05) is 16.8 Å². The molecule has 0 bridgehead atoms. The summed E-state index contributed by atoms with van der Waals surface area (Å²) < 4.78 is 29.4. The Labute approximate surface area is 161 Å². The second-order valence-electron chi connectivity index (χ2n) is 7.09. The summed E-state index contributed by atoms with van der Waals surface area (Å²) in [6.07, 6.45) is 2.69. The Morgan fingerprint density at radius 2 is 2.15 bits per heavy atom. The highest BCUT2D eigenvalue weighted by atomic mass is 32.2. The second-order valence-corrected chi connectivity index (χ2v) is 10.0. The molecule has 2 aromatic heterocycles. The van der Waals surface area contributed by atoms with E-state index in [9.17, 15) is 13.2 Å². The van der Waals surface area contributed by atoms with Crippen LogP contribution in [-0.2, 0) is 21.1 Å². The van der Waals surface area contributed by atoms with E-state index in [2.05, 4.69) is 20.4 Å². The van der Waals surface area contributed by atoms with E-state index in [1.54, 1.807) is 11.3 Å². The number of nitrogens with one attached hydrogen (secondary N) is 1. The zero-order valence-corrected chi connectivity index (χ0v) is 16.5. The van der Waals surface area contributed by atoms with Crippen LogP contribution in [0.15, 0.2) is 21.3 Å². The number of aryl methyl sites for hydroxylation is 1. The first kappa shape index (κ1) is 18.6. The molecule has 8 nitrogen and oxygen atoms in total. The van der Waals surface area contributed by atoms with Crippen molar-refractivity contribution >= 4 is 27.1 Å². The number of sulfone groups is 1. The number of carbonyl (C=O) groups is 1. The van der Waals surface area contributed by atoms with Gasteiger partial charge in [-0.15, -0.1) is 0 Å². The van der Waals surface area contributed by atoms with Crippen molar-refractivity contribution in [2.24, 2.45) is 0 Å². The lowest BCUT2D eigenvalue weighted by atomic mass is 10.1. The van der Waals surface area contributed by atoms with Crippen LogP contribution in [0.1, 0.15) is 25.2 Å². The monoisotopic (exact) mass is 410 g/mol. The summed E-state index contributed by atoms with van der Waals surface area (Å²) in [5.41, 5.74) is 0.893. The lowest BCUT2D eigenvalue weighted by Gasteiger charge is -2.28. The van der Waals surface area contributed by atoms with Crippen molar-refractivity contribution in [1.82, 2.24) is 20.4 Å². The van der Waals surface area contributed by atoms with Crippen molar-refractivity contribution in [1.29, 1.82) is 0 Å². The lowest BCUT2D eigenvalue weighted by molar-refractivity contribution is -0.122. The summed E-state index contributed by atoms with van der Waals surface area (Å²) in [5.74, 6) is 0.884. The molecule has 2 aliphatic rings. The van der Waals surface area contributed by atoms with E-state index in [0.717, 1.165) is 31.5 Å². The van der Waals surface area contributed by atoms with Gasteiger partial charge >= 0.3 is 0 Å². The molecular weight excluding hydrogens is 388 g/mol. The number of aromatic nitrogens is 2. The van der Waals surface area contributed by atoms with Gasteiger partial charge in [0.05, 0.1) is 17.5 Å². The Kier molecular flexibility index (Phi) is 5.29. The zero-order valence-electron chi connectivity index (χ0n) is 14.8. The lowest BCUT2D eigenvalue weighted by Crippen LogP contribution is -2.50. The minimum atomic E-state index is -3.11. The molecule has 2 saturated heterocycles. The van der Waals surface area contributed by atoms with Crippen LogP contribution in [0, 0.1) is 0 Å². The first-order valence-electron chi connectivity index (χ1n) is 9.09. The molecule has 146 valence electrons. The minimum Gasteiger partial charge on any atom is -0.351 e. The third-order valence-electron chi connectivity index (χ3n) is 5.09. The van der Waals surface area contributed by atoms with Crippen LogP contribution >= 0.6 is 11.3 Å². The van der Waals surface area contributed by atoms with E-state index in [4.69, 9.17) is 4.52 Å². The number of hydrogen-bond acceptors (Lipinski definition) is 8. The van der Waals surface area contributed by atoms with Gasteiger partial charge in [-0.1, -0.05) is 5.16 Å². The van der Waals surface area contributed by atoms with Crippen molar-refractivity contribution in [3.05, 3.63) is 22.7 Å². The van der Waals surface area contributed by atoms with Gasteiger partial charge in [-0.25, -0.2) is 8.42 Å². The van der Waals surface area contributed by atoms with Gasteiger partial charge in [0, 0.05) is 29.8 Å². The third kappa shape index (κ3) is 4.39. The Morgan fingerprint density at radius 1 is 1.33 bits per heavy atom. The summed E-state index contributed by atoms with van der Waals surface area (Å²) in [6, 6.07) is 1.45. The maximum absolute atomic E-state index is 12.4. The smallest absolute Gasteiger partial charge is 0.227 e. The zero-order chi connectivity index (χ0) is 18.9. The number of nitrogens with zero attached hydrogens (tertiary/aromatic N) is 3. The average molecular weight is 411 g/mol. The number of carbonyl (C=O) groups excluding carboxylic acids is 1. The van der Waals surface area contributed by atoms with Crippen molar-refractivity contribution < 1.29 is 17.7 Å². The van der Waals surface area contributed by atoms with E-state index in [-0.39, 0.29) is 35.9 Å². The average Bonchev–Trinajstić information content (AvgIpc) is 3.40. The maximum atomic E-state index is 12.4. The largest absolute Gasteiger partial charge is 0.351 e. The van der Waals surface area contributed by atoms with Gasteiger partial charge in [0.1, 0.15) is 0 Å². The van der Waals surface area contributed by atoms with Crippen LogP contribution < -0.4 is 5.32 Å². The molecule has 0 aromatic carbocycles. The highest BCUT2D eigenvalue weighted by molar-refractivity contribution is 7.91. The molecule has 27 heavy (non-hydrogen) atoms. The van der Waals surface area contributed by atoms with Gasteiger partial charge in [-0.2, -0.15) is 16.3 Å². The Morgan fingerprint density at radius 3 is 2.89 bits per heavy atom. The quantitative estimate of drug-likeness (QED) is 0.760. The van der Waals surface area contributed by atoms with Crippen molar-refractivity contribution in [3.8, 4) is 11.4 Å². The Hall–Kier alpha value is -1.78. The summed E-state index contributed by atoms with van der Waals surface area (Å²) in [6.45, 7) is 1.81. The normalized spacial score (nSPS) is 25.0. The Bertz CT molecular complexity index is 888. The van der Waals surface area contributed by atoms with Gasteiger partial charge in [0.25, 0.3) is 0 Å². The summed E-state index contributed by atoms with van der Waals surface area (Å²) >= 11 is 1.55. The number of amides is 1. The number of hydrogen-bond donors (Lipinski definition) is 1. The molecule has 0 aliphatic carbocycles. The molecule has 4 rings (SSSR count). The first-order chi connectivity index (χ1) is 13.0. The molecule has 0 radical (unpaired) electrons. The van der Waals surface area contributed by atoms with Crippen LogP contribution in [-0.4, -0.2) is 66.0 Å². The van der Waals surface area contributed by atoms with Crippen LogP contribution in [0.4, 0.5) is 0 Å². The van der Waals surface area contributed by atoms with E-state index < -0.39 is 9.84 Å². The van der Waals surface area contributed by atoms with Crippen molar-refractivity contribution in [2.75, 3.05) is 24.6 Å². The predicted molar refractivity (Wildman–Crippen MR) is 101 cm³/mol. The molecule has 1 amide bonds. The van der Waals surface area contributed by atoms with Crippen molar-refractivity contribution in [3.63, 3.8) is 0 Å². The number of likely N-dealkylation sites (tertiary alicyclic amines) is 1. The highest BCUT2D eigenvalue weighted by Gasteiger charge is 2.42. The third-order valence-corrected chi connectivity index (χ3v) is 7.49. The van der Waals surface area contributed by atoms with Crippen LogP contribution in [0.2, 0.25) is 0 Å². The van der Waals surface area contributed by atoms with Gasteiger partial charge < -0.3 is 9.84 Å². The molecule has 2 aromatic rings. The van der Waals surface area contributed by atoms with Crippen LogP contribution in [0.3, 0.4) is 0 Å². The molecule has 1 N–H and O–H groups in total. The van der Waals surface area contributed by atoms with Gasteiger partial charge in [-0.05, 0) is 37.4 Å². The maximum Gasteiger partial charge on any atom is 0.227 e. The van der Waals surface area contributed by atoms with Gasteiger partial charge in [-0.3, -0.25) is 9.69 Å². The molecule has 2 unspecified atom stereocenters. The number of thiophene rings is 1. The van der Waals surface area contributed by atoms with Gasteiger partial charge in [0.2, 0.25) is 17.6 Å². The molecule has 2 aliphatic heterocycles. The highest BCUT2D eigenvalue weighted by Crippen LogP contribution is 2.23. The minimum absolute atomic E-state index is 0.0166. The van der Waals surface area contributed by atoms with Crippen LogP contribution in [0.25, 0.3) is 11.4 Å². The summed E-state index contributed by atoms with van der Waals surface area (Å²) in [4.78, 5) is 18.9. The molecule has 10 heteroatoms. The van der Waals surface area contributed by atoms with Crippen LogP contribution in [0.5, 0.6) is 0 Å². The van der Waals surface area contributed by atoms with E-state index in [0.29, 0.717) is 18.1 Å². The summed E-state index contributed by atoms with van der Waals surface area (Å²) in [7, 11) is -3.11. The first-order valence-corrected chi connectivity index (χ1v) is 11.9. The molecule has 0 saturated carbocycles. The topological polar surface area (TPSA) is 105 Å². The molecule has 0 spiro atoms. The molecule has 4 heterocycles. The predicted octanol–water partition coefficient (Wildman–Crippen LogP) is 1.11. The fourth-order valence-electron chi connectivity index (χ4n) is 3.76. The SMILES string of the molecule is O=C(CCc1nc(-c2ccsc2)no1)NC1CS(=O)(=O)CC1N1CCCC1. The molecule has 2 fully saturated rings. The van der Waals surface area contributed by atoms with E-state index >= 15 is 0 Å². The molecule has 2 atom stereocenters. The van der Waals surface area contributed by atoms with Gasteiger partial charge in [0.15, 0.2) is 9.84 Å². The Balaban J connectivity index is 1.33. The number of rotatable bonds is 6. The van der Waals surface area contributed by atoms with E-state index in [1.165, 1.54) is 0 Å². The summed E-state index contributed by atoms with van der Waals surface area (Å²) in [5, 5.41) is 10.7. The standard InChI is InChI=1S/C17H22N4O4S2/c22-15(3-4-16-19-17(20-25-16)12-5-8-26-9-12)18-13-10-27(23,24)11-14(13)21-6-1-2-7-21/h5,8-9,13-14H,1-4,6-7,10-11H2,(H,18,22). The fraction of sp³-hybridized carbons (Fsp3) is 0.588. The second kappa shape index (κ2) is 7.69. The molecular formula is C17H22N4O4S2. The fourth-order valence-corrected chi connectivity index (χ4v) is 6.35. The van der Waals surface area contributed by atoms with Crippen molar-refractivity contribution in [2.45, 2.75) is 37.8 Å².